The van der Waals surface area contributed by atoms with Crippen LogP contribution in [0.4, 0.5) is 5.69 Å². The minimum atomic E-state index is -3.45. The minimum absolute atomic E-state index is 0.242. The van der Waals surface area contributed by atoms with Gasteiger partial charge in [-0.2, -0.15) is 4.31 Å². The van der Waals surface area contributed by atoms with Crippen LogP contribution < -0.4 is 10.1 Å². The van der Waals surface area contributed by atoms with Gasteiger partial charge in [0.05, 0.1) is 4.90 Å². The van der Waals surface area contributed by atoms with Gasteiger partial charge in [-0.15, -0.1) is 0 Å². The highest BCUT2D eigenvalue weighted by Gasteiger charge is 2.27. The molecule has 1 atom stereocenters. The van der Waals surface area contributed by atoms with Crippen molar-refractivity contribution in [3.05, 3.63) is 54.6 Å². The highest BCUT2D eigenvalue weighted by Crippen LogP contribution is 2.22. The van der Waals surface area contributed by atoms with Gasteiger partial charge in [0.1, 0.15) is 5.75 Å². The van der Waals surface area contributed by atoms with Crippen molar-refractivity contribution < 1.29 is 17.9 Å². The first kappa shape index (κ1) is 18.4. The molecule has 26 heavy (non-hydrogen) atoms. The highest BCUT2D eigenvalue weighted by atomic mass is 32.2. The fourth-order valence-electron chi connectivity index (χ4n) is 2.79. The summed E-state index contributed by atoms with van der Waals surface area (Å²) in [7, 11) is -3.45. The zero-order valence-corrected chi connectivity index (χ0v) is 15.4. The second kappa shape index (κ2) is 7.88. The van der Waals surface area contributed by atoms with E-state index in [1.807, 2.05) is 18.2 Å². The Morgan fingerprint density at radius 2 is 1.65 bits per heavy atom. The summed E-state index contributed by atoms with van der Waals surface area (Å²) in [5.41, 5.74) is 0.527. The molecular weight excluding hydrogens is 352 g/mol. The first-order chi connectivity index (χ1) is 12.5. The fourth-order valence-corrected chi connectivity index (χ4v) is 4.31. The summed E-state index contributed by atoms with van der Waals surface area (Å²) in [5, 5.41) is 2.74. The van der Waals surface area contributed by atoms with Crippen LogP contribution in [0.5, 0.6) is 5.75 Å². The molecule has 1 aliphatic rings. The van der Waals surface area contributed by atoms with Crippen molar-refractivity contribution >= 4 is 21.6 Å². The third-order valence-corrected chi connectivity index (χ3v) is 6.16. The number of benzene rings is 2. The molecule has 0 radical (unpaired) electrons. The summed E-state index contributed by atoms with van der Waals surface area (Å²) < 4.78 is 32.1. The zero-order valence-electron chi connectivity index (χ0n) is 14.6. The third kappa shape index (κ3) is 4.23. The number of hydrogen-bond acceptors (Lipinski definition) is 4. The predicted octanol–water partition coefficient (Wildman–Crippen LogP) is 2.88. The predicted molar refractivity (Wildman–Crippen MR) is 99.6 cm³/mol. The summed E-state index contributed by atoms with van der Waals surface area (Å²) in [6, 6.07) is 15.3. The van der Waals surface area contributed by atoms with E-state index in [1.54, 1.807) is 31.2 Å². The van der Waals surface area contributed by atoms with Crippen molar-refractivity contribution in [3.8, 4) is 5.75 Å². The van der Waals surface area contributed by atoms with E-state index in [-0.39, 0.29) is 10.8 Å². The Balaban J connectivity index is 1.62. The van der Waals surface area contributed by atoms with Gasteiger partial charge in [-0.1, -0.05) is 18.2 Å². The molecular formula is C19H22N2O4S. The van der Waals surface area contributed by atoms with Gasteiger partial charge in [-0.25, -0.2) is 8.42 Å². The topological polar surface area (TPSA) is 75.7 Å². The van der Waals surface area contributed by atoms with Gasteiger partial charge in [-0.05, 0) is 56.2 Å². The standard InChI is InChI=1S/C19H22N2O4S/c1-15(25-17-7-3-2-4-8-17)19(22)20-16-9-11-18(12-10-16)26(23,24)21-13-5-6-14-21/h2-4,7-12,15H,5-6,13-14H2,1H3,(H,20,22)/t15-/m1/s1. The molecule has 1 heterocycles. The summed E-state index contributed by atoms with van der Waals surface area (Å²) in [4.78, 5) is 12.5. The molecule has 2 aromatic rings. The van der Waals surface area contributed by atoms with E-state index < -0.39 is 16.1 Å². The molecule has 1 aliphatic heterocycles. The number of amides is 1. The number of anilines is 1. The summed E-state index contributed by atoms with van der Waals surface area (Å²) in [6.07, 6.45) is 1.12. The minimum Gasteiger partial charge on any atom is -0.481 e. The normalized spacial score (nSPS) is 16.2. The van der Waals surface area contributed by atoms with E-state index in [4.69, 9.17) is 4.74 Å². The van der Waals surface area contributed by atoms with Crippen LogP contribution in [-0.2, 0) is 14.8 Å². The second-order valence-electron chi connectivity index (χ2n) is 6.20. The third-order valence-electron chi connectivity index (χ3n) is 4.25. The first-order valence-electron chi connectivity index (χ1n) is 8.59. The molecule has 0 bridgehead atoms. The maximum absolute atomic E-state index is 12.5. The van der Waals surface area contributed by atoms with Crippen LogP contribution in [0.15, 0.2) is 59.5 Å². The Bertz CT molecular complexity index is 845. The fraction of sp³-hybridized carbons (Fsp3) is 0.316. The van der Waals surface area contributed by atoms with Crippen molar-refractivity contribution in [1.29, 1.82) is 0 Å². The van der Waals surface area contributed by atoms with E-state index >= 15 is 0 Å². The SMILES string of the molecule is C[C@@H](Oc1ccccc1)C(=O)Nc1ccc(S(=O)(=O)N2CCCC2)cc1. The van der Waals surface area contributed by atoms with E-state index in [0.717, 1.165) is 12.8 Å². The zero-order chi connectivity index (χ0) is 18.6. The summed E-state index contributed by atoms with van der Waals surface area (Å²) >= 11 is 0. The van der Waals surface area contributed by atoms with Gasteiger partial charge in [0.15, 0.2) is 6.10 Å². The number of nitrogens with one attached hydrogen (secondary N) is 1. The van der Waals surface area contributed by atoms with Crippen molar-refractivity contribution in [1.82, 2.24) is 4.31 Å². The van der Waals surface area contributed by atoms with Gasteiger partial charge in [0.25, 0.3) is 5.91 Å². The molecule has 1 amide bonds. The maximum atomic E-state index is 12.5. The molecule has 3 rings (SSSR count). The molecule has 0 unspecified atom stereocenters. The quantitative estimate of drug-likeness (QED) is 0.844. The van der Waals surface area contributed by atoms with Crippen molar-refractivity contribution in [2.75, 3.05) is 18.4 Å². The molecule has 1 saturated heterocycles. The molecule has 0 spiro atoms. The van der Waals surface area contributed by atoms with Gasteiger partial charge in [-0.3, -0.25) is 4.79 Å². The summed E-state index contributed by atoms with van der Waals surface area (Å²) in [6.45, 7) is 2.79. The Morgan fingerprint density at radius 1 is 1.04 bits per heavy atom. The molecule has 1 N–H and O–H groups in total. The lowest BCUT2D eigenvalue weighted by atomic mass is 10.3. The van der Waals surface area contributed by atoms with Crippen LogP contribution in [0, 0.1) is 0 Å². The number of hydrogen-bond donors (Lipinski definition) is 1. The van der Waals surface area contributed by atoms with Crippen LogP contribution in [0.1, 0.15) is 19.8 Å². The van der Waals surface area contributed by atoms with Crippen LogP contribution >= 0.6 is 0 Å². The molecule has 0 aromatic heterocycles. The number of nitrogens with zero attached hydrogens (tertiary/aromatic N) is 1. The van der Waals surface area contributed by atoms with Crippen molar-refractivity contribution in [2.45, 2.75) is 30.8 Å². The molecule has 7 heteroatoms. The smallest absolute Gasteiger partial charge is 0.265 e. The largest absolute Gasteiger partial charge is 0.481 e. The van der Waals surface area contributed by atoms with Gasteiger partial charge in [0, 0.05) is 18.8 Å². The van der Waals surface area contributed by atoms with Crippen LogP contribution in [0.2, 0.25) is 0 Å². The lowest BCUT2D eigenvalue weighted by Gasteiger charge is -2.16. The highest BCUT2D eigenvalue weighted by molar-refractivity contribution is 7.89. The number of ether oxygens (including phenoxy) is 1. The van der Waals surface area contributed by atoms with E-state index in [9.17, 15) is 13.2 Å². The van der Waals surface area contributed by atoms with Crippen molar-refractivity contribution in [2.24, 2.45) is 0 Å². The average molecular weight is 374 g/mol. The monoisotopic (exact) mass is 374 g/mol. The second-order valence-corrected chi connectivity index (χ2v) is 8.14. The summed E-state index contributed by atoms with van der Waals surface area (Å²) in [5.74, 6) is 0.311. The molecule has 138 valence electrons. The maximum Gasteiger partial charge on any atom is 0.265 e. The lowest BCUT2D eigenvalue weighted by molar-refractivity contribution is -0.122. The molecule has 1 fully saturated rings. The Morgan fingerprint density at radius 3 is 2.27 bits per heavy atom. The van der Waals surface area contributed by atoms with E-state index in [1.165, 1.54) is 16.4 Å². The van der Waals surface area contributed by atoms with E-state index in [2.05, 4.69) is 5.32 Å². The van der Waals surface area contributed by atoms with Crippen LogP contribution in [-0.4, -0.2) is 37.8 Å². The molecule has 0 aliphatic carbocycles. The van der Waals surface area contributed by atoms with Crippen LogP contribution in [0.3, 0.4) is 0 Å². The lowest BCUT2D eigenvalue weighted by Crippen LogP contribution is -2.30. The number of rotatable bonds is 6. The van der Waals surface area contributed by atoms with Gasteiger partial charge in [0.2, 0.25) is 10.0 Å². The van der Waals surface area contributed by atoms with E-state index in [0.29, 0.717) is 24.5 Å². The first-order valence-corrected chi connectivity index (χ1v) is 10.0. The number of carbonyl (C=O) groups is 1. The van der Waals surface area contributed by atoms with Crippen LogP contribution in [0.25, 0.3) is 0 Å². The number of carbonyl (C=O) groups excluding carboxylic acids is 1. The molecule has 6 nitrogen and oxygen atoms in total. The van der Waals surface area contributed by atoms with Gasteiger partial charge >= 0.3 is 0 Å². The van der Waals surface area contributed by atoms with Crippen molar-refractivity contribution in [3.63, 3.8) is 0 Å². The molecule has 2 aromatic carbocycles. The molecule has 0 saturated carbocycles. The Labute approximate surface area is 153 Å². The average Bonchev–Trinajstić information content (AvgIpc) is 3.18. The Hall–Kier alpha value is -2.38. The Kier molecular flexibility index (Phi) is 5.58. The number of sulfonamides is 1. The van der Waals surface area contributed by atoms with Gasteiger partial charge < -0.3 is 10.1 Å². The number of para-hydroxylation sites is 1.